The van der Waals surface area contributed by atoms with Crippen molar-refractivity contribution in [2.24, 2.45) is 0 Å². The lowest BCUT2D eigenvalue weighted by Crippen LogP contribution is -2.32. The largest absolute Gasteiger partial charge is 0.611 e. The van der Waals surface area contributed by atoms with Gasteiger partial charge in [0.25, 0.3) is 5.69 Å². The molecule has 0 radical (unpaired) electrons. The fourth-order valence-corrected chi connectivity index (χ4v) is 5.43. The summed E-state index contributed by atoms with van der Waals surface area (Å²) in [7, 11) is 2.87. The van der Waals surface area contributed by atoms with Gasteiger partial charge in [0.15, 0.2) is 4.90 Å². The van der Waals surface area contributed by atoms with Gasteiger partial charge in [0, 0.05) is 37.1 Å². The molecule has 2 aromatic carbocycles. The average molecular weight is 557 g/mol. The number of non-ortho nitro benzene ring substituents is 1. The van der Waals surface area contributed by atoms with Crippen molar-refractivity contribution in [1.29, 1.82) is 0 Å². The minimum Gasteiger partial charge on any atom is -0.611 e. The molecule has 0 bridgehead atoms. The summed E-state index contributed by atoms with van der Waals surface area (Å²) in [4.78, 5) is 37.6. The van der Waals surface area contributed by atoms with Gasteiger partial charge in [0.2, 0.25) is 0 Å². The van der Waals surface area contributed by atoms with E-state index >= 15 is 0 Å². The van der Waals surface area contributed by atoms with Gasteiger partial charge in [0.05, 0.1) is 42.3 Å². The van der Waals surface area contributed by atoms with Gasteiger partial charge in [-0.15, -0.1) is 0 Å². The summed E-state index contributed by atoms with van der Waals surface area (Å²) in [5.41, 5.74) is 2.53. The molecule has 0 saturated heterocycles. The van der Waals surface area contributed by atoms with E-state index in [9.17, 15) is 24.3 Å². The normalized spacial score (nSPS) is 16.0. The van der Waals surface area contributed by atoms with E-state index in [1.54, 1.807) is 27.0 Å². The zero-order valence-corrected chi connectivity index (χ0v) is 23.2. The molecule has 39 heavy (non-hydrogen) atoms. The zero-order valence-electron chi connectivity index (χ0n) is 22.4. The number of nitrogens with one attached hydrogen (secondary N) is 1. The maximum Gasteiger partial charge on any atom is 0.336 e. The third-order valence-electron chi connectivity index (χ3n) is 6.29. The number of nitro groups is 1. The minimum atomic E-state index is -1.27. The van der Waals surface area contributed by atoms with Gasteiger partial charge in [0.1, 0.15) is 5.75 Å². The SMILES string of the molecule is COCCc1ccc([S+]([O-])CCCOC(=O)C2=C(C)NC(C)=C(C(=O)OC)C2c2cccc([N+](=O)[O-])c2)cc1. The molecule has 2 unspecified atom stereocenters. The van der Waals surface area contributed by atoms with Crippen molar-refractivity contribution in [1.82, 2.24) is 5.32 Å². The molecule has 2 aromatic rings. The van der Waals surface area contributed by atoms with E-state index in [1.807, 2.05) is 24.3 Å². The summed E-state index contributed by atoms with van der Waals surface area (Å²) in [6, 6.07) is 13.3. The van der Waals surface area contributed by atoms with Crippen molar-refractivity contribution in [3.63, 3.8) is 0 Å². The Morgan fingerprint density at radius 2 is 1.67 bits per heavy atom. The molecule has 0 spiro atoms. The number of dihydropyridines is 1. The van der Waals surface area contributed by atoms with E-state index in [4.69, 9.17) is 14.2 Å². The van der Waals surface area contributed by atoms with Crippen LogP contribution < -0.4 is 5.32 Å². The molecule has 0 saturated carbocycles. The monoisotopic (exact) mass is 556 g/mol. The van der Waals surface area contributed by atoms with Crippen LogP contribution in [0.15, 0.2) is 76.0 Å². The Hall–Kier alpha value is -3.67. The summed E-state index contributed by atoms with van der Waals surface area (Å²) < 4.78 is 28.3. The van der Waals surface area contributed by atoms with Gasteiger partial charge in [-0.1, -0.05) is 24.3 Å². The highest BCUT2D eigenvalue weighted by atomic mass is 32.2. The fourth-order valence-electron chi connectivity index (χ4n) is 4.37. The Labute approximate surface area is 230 Å². The lowest BCUT2D eigenvalue weighted by atomic mass is 9.80. The molecular weight excluding hydrogens is 524 g/mol. The Balaban J connectivity index is 1.73. The van der Waals surface area contributed by atoms with Crippen LogP contribution in [0.3, 0.4) is 0 Å². The highest BCUT2D eigenvalue weighted by Gasteiger charge is 2.38. The Morgan fingerprint density at radius 1 is 1.00 bits per heavy atom. The first-order chi connectivity index (χ1) is 18.7. The highest BCUT2D eigenvalue weighted by molar-refractivity contribution is 7.91. The van der Waals surface area contributed by atoms with Crippen LogP contribution in [-0.2, 0) is 41.4 Å². The number of nitro benzene ring substituents is 1. The molecule has 1 heterocycles. The van der Waals surface area contributed by atoms with Crippen molar-refractivity contribution in [3.05, 3.63) is 92.3 Å². The van der Waals surface area contributed by atoms with Crippen molar-refractivity contribution in [2.75, 3.05) is 33.2 Å². The van der Waals surface area contributed by atoms with E-state index in [2.05, 4.69) is 5.32 Å². The highest BCUT2D eigenvalue weighted by Crippen LogP contribution is 2.40. The number of esters is 2. The average Bonchev–Trinajstić information content (AvgIpc) is 2.93. The quantitative estimate of drug-likeness (QED) is 0.135. The first kappa shape index (κ1) is 29.9. The van der Waals surface area contributed by atoms with Crippen LogP contribution in [0.1, 0.15) is 37.3 Å². The second kappa shape index (κ2) is 13.9. The predicted octanol–water partition coefficient (Wildman–Crippen LogP) is 3.93. The van der Waals surface area contributed by atoms with E-state index in [0.717, 1.165) is 12.0 Å². The molecule has 1 aliphatic heterocycles. The van der Waals surface area contributed by atoms with Gasteiger partial charge in [-0.05, 0) is 54.7 Å². The van der Waals surface area contributed by atoms with Gasteiger partial charge in [-0.3, -0.25) is 10.1 Å². The third kappa shape index (κ3) is 7.47. The van der Waals surface area contributed by atoms with Crippen LogP contribution >= 0.6 is 0 Å². The van der Waals surface area contributed by atoms with Crippen LogP contribution in [0.4, 0.5) is 5.69 Å². The van der Waals surface area contributed by atoms with Crippen molar-refractivity contribution >= 4 is 28.8 Å². The van der Waals surface area contributed by atoms with Gasteiger partial charge in [-0.25, -0.2) is 9.59 Å². The molecule has 11 heteroatoms. The van der Waals surface area contributed by atoms with Crippen LogP contribution in [0.25, 0.3) is 0 Å². The molecule has 1 aliphatic rings. The van der Waals surface area contributed by atoms with E-state index in [1.165, 1.54) is 25.3 Å². The maximum atomic E-state index is 13.3. The molecule has 1 N–H and O–H groups in total. The minimum absolute atomic E-state index is 0.00515. The summed E-state index contributed by atoms with van der Waals surface area (Å²) >= 11 is -1.27. The number of ether oxygens (including phenoxy) is 3. The lowest BCUT2D eigenvalue weighted by molar-refractivity contribution is -0.384. The smallest absolute Gasteiger partial charge is 0.336 e. The number of hydrogen-bond acceptors (Lipinski definition) is 9. The summed E-state index contributed by atoms with van der Waals surface area (Å²) in [6.07, 6.45) is 1.12. The number of carbonyl (C=O) groups is 2. The maximum absolute atomic E-state index is 13.3. The Morgan fingerprint density at radius 3 is 2.28 bits per heavy atom. The van der Waals surface area contributed by atoms with Gasteiger partial charge < -0.3 is 24.1 Å². The number of nitrogens with zero attached hydrogens (tertiary/aromatic N) is 1. The first-order valence-electron chi connectivity index (χ1n) is 12.3. The number of rotatable bonds is 12. The second-order valence-corrected chi connectivity index (χ2v) is 10.5. The second-order valence-electron chi connectivity index (χ2n) is 8.90. The van der Waals surface area contributed by atoms with E-state index in [-0.39, 0.29) is 23.4 Å². The van der Waals surface area contributed by atoms with Gasteiger partial charge >= 0.3 is 11.9 Å². The molecule has 0 fully saturated rings. The number of allylic oxidation sites excluding steroid dienone is 2. The zero-order chi connectivity index (χ0) is 28.5. The van der Waals surface area contributed by atoms with Gasteiger partial charge in [-0.2, -0.15) is 0 Å². The molecule has 3 rings (SSSR count). The fraction of sp³-hybridized carbons (Fsp3) is 0.357. The van der Waals surface area contributed by atoms with Crippen molar-refractivity contribution < 1.29 is 33.3 Å². The molecule has 2 atom stereocenters. The number of hydrogen-bond donors (Lipinski definition) is 1. The summed E-state index contributed by atoms with van der Waals surface area (Å²) in [5.74, 6) is -1.99. The molecular formula is C28H32N2O8S. The van der Waals surface area contributed by atoms with E-state index < -0.39 is 34.0 Å². The predicted molar refractivity (Wildman–Crippen MR) is 145 cm³/mol. The molecule has 0 amide bonds. The molecule has 208 valence electrons. The lowest BCUT2D eigenvalue weighted by Gasteiger charge is -2.30. The summed E-state index contributed by atoms with van der Waals surface area (Å²) in [5, 5.41) is 14.4. The first-order valence-corrected chi connectivity index (χ1v) is 13.6. The molecule has 0 aliphatic carbocycles. The number of benzene rings is 2. The topological polar surface area (TPSA) is 140 Å². The standard InChI is InChI=1S/C28H32N2O8S/c1-18-24(27(31)37-4)26(21-7-5-8-22(17-21)30(33)34)25(19(2)29-18)28(32)38-14-6-16-39(35)23-11-9-20(10-12-23)13-15-36-3/h5,7-12,17,26,29H,6,13-16H2,1-4H3. The molecule has 0 aromatic heterocycles. The number of carbonyl (C=O) groups excluding carboxylic acids is 2. The molecule has 10 nitrogen and oxygen atoms in total. The van der Waals surface area contributed by atoms with Crippen LogP contribution in [0, 0.1) is 10.1 Å². The van der Waals surface area contributed by atoms with Crippen LogP contribution in [0.5, 0.6) is 0 Å². The Kier molecular flexibility index (Phi) is 10.7. The Bertz CT molecular complexity index is 1270. The summed E-state index contributed by atoms with van der Waals surface area (Å²) in [6.45, 7) is 3.95. The third-order valence-corrected chi connectivity index (χ3v) is 7.75. The number of methoxy groups -OCH3 is 2. The van der Waals surface area contributed by atoms with Crippen LogP contribution in [0.2, 0.25) is 0 Å². The van der Waals surface area contributed by atoms with Crippen molar-refractivity contribution in [2.45, 2.75) is 37.5 Å². The van der Waals surface area contributed by atoms with Crippen molar-refractivity contribution in [3.8, 4) is 0 Å². The van der Waals surface area contributed by atoms with E-state index in [0.29, 0.717) is 40.6 Å². The van der Waals surface area contributed by atoms with Crippen LogP contribution in [-0.4, -0.2) is 54.6 Å².